The topological polar surface area (TPSA) is 40.6 Å². The lowest BCUT2D eigenvalue weighted by molar-refractivity contribution is -0.140. The van der Waals surface area contributed by atoms with Crippen LogP contribution in [0.1, 0.15) is 24.2 Å². The van der Waals surface area contributed by atoms with E-state index in [0.29, 0.717) is 36.8 Å². The molecule has 1 fully saturated rings. The van der Waals surface area contributed by atoms with E-state index >= 15 is 0 Å². The van der Waals surface area contributed by atoms with Gasteiger partial charge in [-0.1, -0.05) is 23.7 Å². The largest absolute Gasteiger partial charge is 0.339 e. The lowest BCUT2D eigenvalue weighted by Gasteiger charge is -2.38. The molecule has 1 aliphatic heterocycles. The standard InChI is InChI=1S/C16H20Cl2N2O2/c1-16(2,11-17)15(22)20-9-7-19(8-10-20)14(21)12-5-3-4-6-13(12)18/h3-6H,7-11H2,1-2H3. The highest BCUT2D eigenvalue weighted by atomic mass is 35.5. The second kappa shape index (κ2) is 6.88. The van der Waals surface area contributed by atoms with Crippen molar-refractivity contribution in [1.82, 2.24) is 9.80 Å². The summed E-state index contributed by atoms with van der Waals surface area (Å²) < 4.78 is 0. The average molecular weight is 343 g/mol. The molecule has 1 saturated heterocycles. The molecule has 0 atom stereocenters. The molecule has 0 N–H and O–H groups in total. The van der Waals surface area contributed by atoms with Gasteiger partial charge in [0.2, 0.25) is 5.91 Å². The number of hydrogen-bond donors (Lipinski definition) is 0. The monoisotopic (exact) mass is 342 g/mol. The van der Waals surface area contributed by atoms with Crippen molar-refractivity contribution in [2.45, 2.75) is 13.8 Å². The molecule has 1 aromatic rings. The predicted molar refractivity (Wildman–Crippen MR) is 88.4 cm³/mol. The highest BCUT2D eigenvalue weighted by Gasteiger charge is 2.34. The number of hydrogen-bond acceptors (Lipinski definition) is 2. The van der Waals surface area contributed by atoms with Crippen molar-refractivity contribution >= 4 is 35.0 Å². The Bertz CT molecular complexity index is 567. The van der Waals surface area contributed by atoms with Crippen LogP contribution in [0.4, 0.5) is 0 Å². The Morgan fingerprint density at radius 3 is 2.18 bits per heavy atom. The number of halogens is 2. The molecule has 0 aliphatic carbocycles. The Morgan fingerprint density at radius 1 is 1.09 bits per heavy atom. The number of benzene rings is 1. The summed E-state index contributed by atoms with van der Waals surface area (Å²) >= 11 is 11.9. The molecule has 2 rings (SSSR count). The van der Waals surface area contributed by atoms with Gasteiger partial charge in [0, 0.05) is 32.1 Å². The molecule has 6 heteroatoms. The van der Waals surface area contributed by atoms with Crippen LogP contribution in [0.5, 0.6) is 0 Å². The zero-order valence-corrected chi connectivity index (χ0v) is 14.3. The van der Waals surface area contributed by atoms with E-state index in [2.05, 4.69) is 0 Å². The zero-order valence-electron chi connectivity index (χ0n) is 12.8. The second-order valence-corrected chi connectivity index (χ2v) is 6.76. The van der Waals surface area contributed by atoms with Crippen molar-refractivity contribution < 1.29 is 9.59 Å². The van der Waals surface area contributed by atoms with Crippen molar-refractivity contribution in [3.05, 3.63) is 34.9 Å². The molecular weight excluding hydrogens is 323 g/mol. The Hall–Kier alpha value is -1.26. The van der Waals surface area contributed by atoms with Crippen molar-refractivity contribution in [3.8, 4) is 0 Å². The average Bonchev–Trinajstić information content (AvgIpc) is 2.54. The summed E-state index contributed by atoms with van der Waals surface area (Å²) in [6.07, 6.45) is 0. The lowest BCUT2D eigenvalue weighted by Crippen LogP contribution is -2.53. The minimum Gasteiger partial charge on any atom is -0.339 e. The third-order valence-electron chi connectivity index (χ3n) is 3.87. The third-order valence-corrected chi connectivity index (χ3v) is 4.87. The molecular formula is C16H20Cl2N2O2. The van der Waals surface area contributed by atoms with Crippen molar-refractivity contribution in [3.63, 3.8) is 0 Å². The maximum atomic E-state index is 12.5. The first-order valence-corrected chi connectivity index (χ1v) is 8.17. The van der Waals surface area contributed by atoms with Gasteiger partial charge in [-0.2, -0.15) is 0 Å². The number of carbonyl (C=O) groups excluding carboxylic acids is 2. The van der Waals surface area contributed by atoms with Crippen LogP contribution in [0.15, 0.2) is 24.3 Å². The van der Waals surface area contributed by atoms with E-state index in [-0.39, 0.29) is 17.7 Å². The third kappa shape index (κ3) is 3.55. The number of rotatable bonds is 3. The molecule has 4 nitrogen and oxygen atoms in total. The fraction of sp³-hybridized carbons (Fsp3) is 0.500. The summed E-state index contributed by atoms with van der Waals surface area (Å²) in [4.78, 5) is 28.3. The highest BCUT2D eigenvalue weighted by Crippen LogP contribution is 2.23. The molecule has 0 spiro atoms. The summed E-state index contributed by atoms with van der Waals surface area (Å²) in [6.45, 7) is 5.74. The first-order valence-electron chi connectivity index (χ1n) is 7.26. The Kier molecular flexibility index (Phi) is 5.35. The maximum Gasteiger partial charge on any atom is 0.255 e. The van der Waals surface area contributed by atoms with Gasteiger partial charge in [0.25, 0.3) is 5.91 Å². The molecule has 0 bridgehead atoms. The van der Waals surface area contributed by atoms with Crippen molar-refractivity contribution in [2.24, 2.45) is 5.41 Å². The van der Waals surface area contributed by atoms with E-state index in [1.807, 2.05) is 13.8 Å². The molecule has 0 saturated carbocycles. The van der Waals surface area contributed by atoms with Crippen LogP contribution in [0.2, 0.25) is 5.02 Å². The zero-order chi connectivity index (χ0) is 16.3. The van der Waals surface area contributed by atoms with Crippen LogP contribution in [-0.2, 0) is 4.79 Å². The molecule has 0 radical (unpaired) electrons. The molecule has 0 aromatic heterocycles. The van der Waals surface area contributed by atoms with Crippen molar-refractivity contribution in [2.75, 3.05) is 32.1 Å². The lowest BCUT2D eigenvalue weighted by atomic mass is 9.94. The van der Waals surface area contributed by atoms with E-state index in [1.54, 1.807) is 34.1 Å². The molecule has 22 heavy (non-hydrogen) atoms. The van der Waals surface area contributed by atoms with E-state index in [0.717, 1.165) is 0 Å². The molecule has 120 valence electrons. The van der Waals surface area contributed by atoms with Crippen LogP contribution in [0.3, 0.4) is 0 Å². The number of amides is 2. The SMILES string of the molecule is CC(C)(CCl)C(=O)N1CCN(C(=O)c2ccccc2Cl)CC1. The van der Waals surface area contributed by atoms with Gasteiger partial charge in [-0.15, -0.1) is 11.6 Å². The van der Waals surface area contributed by atoms with Gasteiger partial charge >= 0.3 is 0 Å². The Labute approximate surface area is 141 Å². The van der Waals surface area contributed by atoms with Crippen LogP contribution in [-0.4, -0.2) is 53.7 Å². The molecule has 0 unspecified atom stereocenters. The smallest absolute Gasteiger partial charge is 0.255 e. The summed E-state index contributed by atoms with van der Waals surface area (Å²) in [5, 5.41) is 0.453. The fourth-order valence-electron chi connectivity index (χ4n) is 2.40. The van der Waals surface area contributed by atoms with Gasteiger partial charge in [-0.05, 0) is 26.0 Å². The molecule has 2 amide bonds. The van der Waals surface area contributed by atoms with Gasteiger partial charge < -0.3 is 9.80 Å². The van der Waals surface area contributed by atoms with E-state index in [4.69, 9.17) is 23.2 Å². The maximum absolute atomic E-state index is 12.5. The number of carbonyl (C=O) groups is 2. The number of nitrogens with zero attached hydrogens (tertiary/aromatic N) is 2. The summed E-state index contributed by atoms with van der Waals surface area (Å²) in [5.74, 6) is 0.228. The predicted octanol–water partition coefficient (Wildman–Crippen LogP) is 2.89. The van der Waals surface area contributed by atoms with Crippen LogP contribution in [0.25, 0.3) is 0 Å². The Balaban J connectivity index is 1.99. The highest BCUT2D eigenvalue weighted by molar-refractivity contribution is 6.33. The van der Waals surface area contributed by atoms with Gasteiger partial charge in [0.1, 0.15) is 0 Å². The number of alkyl halides is 1. The molecule has 1 aliphatic rings. The first kappa shape index (κ1) is 17.1. The summed E-state index contributed by atoms with van der Waals surface area (Å²) in [5.41, 5.74) is -0.0683. The molecule has 1 heterocycles. The minimum atomic E-state index is -0.573. The normalized spacial score (nSPS) is 15.8. The van der Waals surface area contributed by atoms with Gasteiger partial charge in [-0.25, -0.2) is 0 Å². The quantitative estimate of drug-likeness (QED) is 0.792. The fourth-order valence-corrected chi connectivity index (χ4v) is 2.73. The van der Waals surface area contributed by atoms with E-state index < -0.39 is 5.41 Å². The summed E-state index contributed by atoms with van der Waals surface area (Å²) in [6, 6.07) is 7.02. The first-order chi connectivity index (χ1) is 10.4. The van der Waals surface area contributed by atoms with Crippen LogP contribution >= 0.6 is 23.2 Å². The number of piperazine rings is 1. The van der Waals surface area contributed by atoms with Crippen LogP contribution in [0, 0.1) is 5.41 Å². The van der Waals surface area contributed by atoms with E-state index in [1.165, 1.54) is 0 Å². The van der Waals surface area contributed by atoms with Gasteiger partial charge in [-0.3, -0.25) is 9.59 Å². The van der Waals surface area contributed by atoms with Gasteiger partial charge in [0.05, 0.1) is 16.0 Å². The van der Waals surface area contributed by atoms with Gasteiger partial charge in [0.15, 0.2) is 0 Å². The van der Waals surface area contributed by atoms with Crippen molar-refractivity contribution in [1.29, 1.82) is 0 Å². The minimum absolute atomic E-state index is 0.0346. The molecule has 1 aromatic carbocycles. The summed E-state index contributed by atoms with van der Waals surface area (Å²) in [7, 11) is 0. The Morgan fingerprint density at radius 2 is 1.64 bits per heavy atom. The van der Waals surface area contributed by atoms with Crippen LogP contribution < -0.4 is 0 Å². The van der Waals surface area contributed by atoms with E-state index in [9.17, 15) is 9.59 Å². The second-order valence-electron chi connectivity index (χ2n) is 6.08.